The Bertz CT molecular complexity index is 1340. The predicted octanol–water partition coefficient (Wildman–Crippen LogP) is 6.15. The molecule has 160 valence electrons. The third-order valence-corrected chi connectivity index (χ3v) is 5.08. The monoisotopic (exact) mass is 492 g/mol. The molecule has 0 aliphatic rings. The van der Waals surface area contributed by atoms with E-state index in [0.717, 1.165) is 21.3 Å². The number of halogens is 2. The molecule has 0 amide bonds. The lowest BCUT2D eigenvalue weighted by atomic mass is 10.1. The Morgan fingerprint density at radius 1 is 1.03 bits per heavy atom. The Morgan fingerprint density at radius 3 is 2.59 bits per heavy atom. The first-order chi connectivity index (χ1) is 15.4. The summed E-state index contributed by atoms with van der Waals surface area (Å²) in [5.74, 6) is 0.332. The number of hydrogen-bond acceptors (Lipinski definition) is 7. The van der Waals surface area contributed by atoms with Gasteiger partial charge in [-0.15, -0.1) is 0 Å². The summed E-state index contributed by atoms with van der Waals surface area (Å²) >= 11 is 3.55. The maximum absolute atomic E-state index is 14.3. The Hall–Kier alpha value is -3.77. The molecule has 4 aromatic rings. The van der Waals surface area contributed by atoms with Gasteiger partial charge in [-0.2, -0.15) is 20.2 Å². The van der Waals surface area contributed by atoms with E-state index in [1.807, 2.05) is 56.3 Å². The summed E-state index contributed by atoms with van der Waals surface area (Å²) in [5.41, 5.74) is 0.351. The number of nitrogens with zero attached hydrogens (tertiary/aromatic N) is 4. The smallest absolute Gasteiger partial charge is 0.328 e. The van der Waals surface area contributed by atoms with Crippen LogP contribution in [0.2, 0.25) is 0 Å². The second kappa shape index (κ2) is 9.16. The largest absolute Gasteiger partial charge is 0.424 e. The number of nitrogens with one attached hydrogen (secondary N) is 2. The van der Waals surface area contributed by atoms with Crippen LogP contribution in [0.25, 0.3) is 10.8 Å². The first kappa shape index (κ1) is 21.5. The molecule has 0 atom stereocenters. The van der Waals surface area contributed by atoms with Gasteiger partial charge in [0.05, 0.1) is 17.3 Å². The molecule has 0 spiro atoms. The quantitative estimate of drug-likeness (QED) is 0.332. The van der Waals surface area contributed by atoms with Crippen LogP contribution in [-0.4, -0.2) is 21.0 Å². The third-order valence-electron chi connectivity index (χ3n) is 4.39. The molecular weight excluding hydrogens is 475 g/mol. The van der Waals surface area contributed by atoms with Crippen LogP contribution in [-0.2, 0) is 0 Å². The van der Waals surface area contributed by atoms with Gasteiger partial charge in [0.1, 0.15) is 11.6 Å². The van der Waals surface area contributed by atoms with Crippen LogP contribution in [0.15, 0.2) is 59.1 Å². The van der Waals surface area contributed by atoms with E-state index in [0.29, 0.717) is 5.75 Å². The molecule has 1 aromatic heterocycles. The van der Waals surface area contributed by atoms with Gasteiger partial charge < -0.3 is 15.4 Å². The Balaban J connectivity index is 1.67. The van der Waals surface area contributed by atoms with Crippen LogP contribution >= 0.6 is 15.9 Å². The highest BCUT2D eigenvalue weighted by Gasteiger charge is 2.13. The minimum atomic E-state index is -0.593. The summed E-state index contributed by atoms with van der Waals surface area (Å²) in [7, 11) is 0. The molecule has 7 nitrogen and oxygen atoms in total. The van der Waals surface area contributed by atoms with Crippen LogP contribution in [0.5, 0.6) is 11.8 Å². The lowest BCUT2D eigenvalue weighted by Crippen LogP contribution is -2.14. The van der Waals surface area contributed by atoms with Crippen LogP contribution in [0.4, 0.5) is 22.0 Å². The van der Waals surface area contributed by atoms with Gasteiger partial charge in [0, 0.05) is 10.5 Å². The van der Waals surface area contributed by atoms with Crippen molar-refractivity contribution in [3.63, 3.8) is 0 Å². The fraction of sp³-hybridized carbons (Fsp3) is 0.130. The molecule has 0 aliphatic heterocycles. The molecule has 2 N–H and O–H groups in total. The van der Waals surface area contributed by atoms with Crippen molar-refractivity contribution in [1.29, 1.82) is 5.26 Å². The number of nitriles is 1. The van der Waals surface area contributed by atoms with E-state index in [4.69, 9.17) is 10.00 Å². The van der Waals surface area contributed by atoms with Gasteiger partial charge in [-0.05, 0) is 61.0 Å². The molecule has 0 bridgehead atoms. The average molecular weight is 493 g/mol. The SMILES string of the molecule is CC(C)Nc1nc(Nc2ccc(C#N)cc2F)nc(Oc2ccc3cccc(Br)c3c2)n1. The number of benzene rings is 3. The number of aromatic nitrogens is 3. The fourth-order valence-corrected chi connectivity index (χ4v) is 3.47. The Kier molecular flexibility index (Phi) is 6.14. The van der Waals surface area contributed by atoms with E-state index in [1.165, 1.54) is 12.1 Å². The highest BCUT2D eigenvalue weighted by atomic mass is 79.9. The lowest BCUT2D eigenvalue weighted by Gasteiger charge is -2.13. The van der Waals surface area contributed by atoms with E-state index >= 15 is 0 Å². The normalized spacial score (nSPS) is 10.8. The molecule has 0 saturated carbocycles. The number of anilines is 3. The fourth-order valence-electron chi connectivity index (χ4n) is 2.97. The topological polar surface area (TPSA) is 95.8 Å². The van der Waals surface area contributed by atoms with Crippen LogP contribution < -0.4 is 15.4 Å². The summed E-state index contributed by atoms with van der Waals surface area (Å²) in [4.78, 5) is 12.9. The van der Waals surface area contributed by atoms with Crippen molar-refractivity contribution in [2.24, 2.45) is 0 Å². The zero-order valence-electron chi connectivity index (χ0n) is 17.2. The molecule has 0 radical (unpaired) electrons. The van der Waals surface area contributed by atoms with Crippen molar-refractivity contribution in [1.82, 2.24) is 15.0 Å². The first-order valence-electron chi connectivity index (χ1n) is 9.76. The van der Waals surface area contributed by atoms with Crippen molar-refractivity contribution in [3.8, 4) is 17.8 Å². The molecule has 4 rings (SSSR count). The minimum Gasteiger partial charge on any atom is -0.424 e. The van der Waals surface area contributed by atoms with Crippen molar-refractivity contribution >= 4 is 44.3 Å². The maximum Gasteiger partial charge on any atom is 0.328 e. The lowest BCUT2D eigenvalue weighted by molar-refractivity contribution is 0.442. The first-order valence-corrected chi connectivity index (χ1v) is 10.6. The van der Waals surface area contributed by atoms with Gasteiger partial charge in [-0.25, -0.2) is 4.39 Å². The van der Waals surface area contributed by atoms with Crippen LogP contribution in [0.3, 0.4) is 0 Å². The van der Waals surface area contributed by atoms with Crippen molar-refractivity contribution in [2.75, 3.05) is 10.6 Å². The van der Waals surface area contributed by atoms with Gasteiger partial charge in [0.15, 0.2) is 0 Å². The molecule has 3 aromatic carbocycles. The molecule has 0 saturated heterocycles. The van der Waals surface area contributed by atoms with E-state index in [2.05, 4.69) is 41.5 Å². The van der Waals surface area contributed by atoms with Crippen molar-refractivity contribution in [3.05, 3.63) is 70.5 Å². The Morgan fingerprint density at radius 2 is 1.84 bits per heavy atom. The highest BCUT2D eigenvalue weighted by Crippen LogP contribution is 2.30. The van der Waals surface area contributed by atoms with E-state index in [-0.39, 0.29) is 35.2 Å². The zero-order valence-corrected chi connectivity index (χ0v) is 18.8. The molecule has 32 heavy (non-hydrogen) atoms. The van der Waals surface area contributed by atoms with Crippen molar-refractivity contribution < 1.29 is 9.13 Å². The molecular formula is C23H18BrFN6O. The summed E-state index contributed by atoms with van der Waals surface area (Å²) < 4.78 is 21.2. The Labute approximate surface area is 192 Å². The number of ether oxygens (including phenoxy) is 1. The number of rotatable bonds is 6. The summed E-state index contributed by atoms with van der Waals surface area (Å²) in [6.07, 6.45) is 0. The third kappa shape index (κ3) is 4.92. The van der Waals surface area contributed by atoms with Gasteiger partial charge >= 0.3 is 6.01 Å². The maximum atomic E-state index is 14.3. The van der Waals surface area contributed by atoms with Gasteiger partial charge in [0.2, 0.25) is 11.9 Å². The molecule has 9 heteroatoms. The molecule has 0 unspecified atom stereocenters. The molecule has 0 aliphatic carbocycles. The number of fused-ring (bicyclic) bond motifs is 1. The van der Waals surface area contributed by atoms with E-state index < -0.39 is 5.82 Å². The standard InChI is InChI=1S/C23H18BrFN6O/c1-13(2)27-21-29-22(28-20-9-6-14(12-26)10-19(20)25)31-23(30-21)32-16-8-7-15-4-3-5-18(24)17(15)11-16/h3-11,13H,1-2H3,(H2,27,28,29,30,31). The summed E-state index contributed by atoms with van der Waals surface area (Å²) in [5, 5.41) is 16.9. The highest BCUT2D eigenvalue weighted by molar-refractivity contribution is 9.10. The van der Waals surface area contributed by atoms with Crippen LogP contribution in [0.1, 0.15) is 19.4 Å². The van der Waals surface area contributed by atoms with E-state index in [9.17, 15) is 4.39 Å². The van der Waals surface area contributed by atoms with Gasteiger partial charge in [-0.1, -0.05) is 34.1 Å². The number of hydrogen-bond donors (Lipinski definition) is 2. The minimum absolute atomic E-state index is 0.0473. The van der Waals surface area contributed by atoms with Gasteiger partial charge in [0.25, 0.3) is 0 Å². The van der Waals surface area contributed by atoms with Crippen molar-refractivity contribution in [2.45, 2.75) is 19.9 Å². The average Bonchev–Trinajstić information content (AvgIpc) is 2.75. The zero-order chi connectivity index (χ0) is 22.7. The molecule has 1 heterocycles. The second-order valence-electron chi connectivity index (χ2n) is 7.22. The second-order valence-corrected chi connectivity index (χ2v) is 8.07. The molecule has 0 fully saturated rings. The van der Waals surface area contributed by atoms with Crippen LogP contribution in [0, 0.1) is 17.1 Å². The summed E-state index contributed by atoms with van der Waals surface area (Å²) in [6.45, 7) is 3.89. The van der Waals surface area contributed by atoms with E-state index in [1.54, 1.807) is 0 Å². The van der Waals surface area contributed by atoms with Gasteiger partial charge in [-0.3, -0.25) is 0 Å². The summed E-state index contributed by atoms with van der Waals surface area (Å²) in [6, 6.07) is 17.7. The predicted molar refractivity (Wildman–Crippen MR) is 125 cm³/mol.